The maximum absolute atomic E-state index is 12.8. The number of halogens is 1. The monoisotopic (exact) mass is 384 g/mol. The molecule has 142 valence electrons. The van der Waals surface area contributed by atoms with Crippen LogP contribution < -0.4 is 5.32 Å². The van der Waals surface area contributed by atoms with Crippen molar-refractivity contribution in [2.45, 2.75) is 45.2 Å². The first-order valence-corrected chi connectivity index (χ1v) is 9.90. The molecule has 0 aromatic heterocycles. The zero-order valence-corrected chi connectivity index (χ0v) is 16.3. The van der Waals surface area contributed by atoms with Crippen LogP contribution >= 0.6 is 11.6 Å². The van der Waals surface area contributed by atoms with Crippen LogP contribution in [0.5, 0.6) is 0 Å². The highest BCUT2D eigenvalue weighted by molar-refractivity contribution is 6.31. The summed E-state index contributed by atoms with van der Waals surface area (Å²) in [5, 5.41) is 3.50. The van der Waals surface area contributed by atoms with Gasteiger partial charge in [0, 0.05) is 35.3 Å². The molecule has 1 N–H and O–H groups in total. The lowest BCUT2D eigenvalue weighted by molar-refractivity contribution is 0.0607. The third-order valence-electron chi connectivity index (χ3n) is 5.15. The number of rotatable bonds is 5. The number of carbonyl (C=O) groups is 2. The van der Waals surface area contributed by atoms with Gasteiger partial charge in [-0.2, -0.15) is 0 Å². The van der Waals surface area contributed by atoms with E-state index in [1.165, 1.54) is 6.42 Å². The Morgan fingerprint density at radius 3 is 2.48 bits per heavy atom. The fourth-order valence-corrected chi connectivity index (χ4v) is 3.74. The molecule has 1 fully saturated rings. The molecule has 1 atom stereocenters. The molecular weight excluding hydrogens is 360 g/mol. The van der Waals surface area contributed by atoms with Crippen LogP contribution in [0, 0.1) is 0 Å². The predicted octanol–water partition coefficient (Wildman–Crippen LogP) is 4.67. The average Bonchev–Trinajstić information content (AvgIpc) is 2.72. The van der Waals surface area contributed by atoms with Gasteiger partial charge in [-0.15, -0.1) is 0 Å². The van der Waals surface area contributed by atoms with E-state index in [1.54, 1.807) is 30.3 Å². The summed E-state index contributed by atoms with van der Waals surface area (Å²) in [5.41, 5.74) is 2.04. The lowest BCUT2D eigenvalue weighted by Crippen LogP contribution is -2.43. The van der Waals surface area contributed by atoms with Crippen molar-refractivity contribution in [2.24, 2.45) is 0 Å². The molecule has 1 heterocycles. The van der Waals surface area contributed by atoms with Gasteiger partial charge in [-0.25, -0.2) is 0 Å². The highest BCUT2D eigenvalue weighted by Crippen LogP contribution is 2.22. The Labute approximate surface area is 165 Å². The molecule has 0 saturated carbocycles. The Morgan fingerprint density at radius 2 is 1.78 bits per heavy atom. The molecule has 4 nitrogen and oxygen atoms in total. The fourth-order valence-electron chi connectivity index (χ4n) is 3.54. The molecule has 2 aromatic carbocycles. The summed E-state index contributed by atoms with van der Waals surface area (Å²) in [4.78, 5) is 27.2. The molecule has 27 heavy (non-hydrogen) atoms. The summed E-state index contributed by atoms with van der Waals surface area (Å²) in [6, 6.07) is 14.7. The summed E-state index contributed by atoms with van der Waals surface area (Å²) in [7, 11) is 0. The lowest BCUT2D eigenvalue weighted by atomic mass is 9.98. The van der Waals surface area contributed by atoms with Gasteiger partial charge in [-0.1, -0.05) is 36.7 Å². The number of hydrogen-bond acceptors (Lipinski definition) is 2. The van der Waals surface area contributed by atoms with E-state index in [2.05, 4.69) is 12.2 Å². The molecule has 1 aliphatic rings. The van der Waals surface area contributed by atoms with Gasteiger partial charge in [0.15, 0.2) is 0 Å². The van der Waals surface area contributed by atoms with Gasteiger partial charge < -0.3 is 10.2 Å². The van der Waals surface area contributed by atoms with Crippen LogP contribution in [-0.2, 0) is 6.54 Å². The standard InChI is InChI=1S/C22H25ClN2O2/c1-2-19-8-5-6-14-25(19)22(27)17-12-10-16(11-13-17)21(26)24-15-18-7-3-4-9-20(18)23/h3-4,7,9-13,19H,2,5-6,8,14-15H2,1H3,(H,24,26). The van der Waals surface area contributed by atoms with Gasteiger partial charge in [-0.05, 0) is 61.6 Å². The van der Waals surface area contributed by atoms with E-state index in [1.807, 2.05) is 23.1 Å². The van der Waals surface area contributed by atoms with E-state index in [4.69, 9.17) is 11.6 Å². The summed E-state index contributed by atoms with van der Waals surface area (Å²) < 4.78 is 0. The fraction of sp³-hybridized carbons (Fsp3) is 0.364. The lowest BCUT2D eigenvalue weighted by Gasteiger charge is -2.35. The van der Waals surface area contributed by atoms with Crippen LogP contribution in [-0.4, -0.2) is 29.3 Å². The molecule has 2 amide bonds. The SMILES string of the molecule is CCC1CCCCN1C(=O)c1ccc(C(=O)NCc2ccccc2Cl)cc1. The van der Waals surface area contributed by atoms with Gasteiger partial charge in [0.25, 0.3) is 11.8 Å². The van der Waals surface area contributed by atoms with E-state index < -0.39 is 0 Å². The van der Waals surface area contributed by atoms with Crippen LogP contribution in [0.1, 0.15) is 58.9 Å². The van der Waals surface area contributed by atoms with Gasteiger partial charge in [0.2, 0.25) is 0 Å². The molecule has 5 heteroatoms. The Hall–Kier alpha value is -2.33. The Kier molecular flexibility index (Phi) is 6.51. The second kappa shape index (κ2) is 9.05. The van der Waals surface area contributed by atoms with Crippen LogP contribution in [0.15, 0.2) is 48.5 Å². The molecule has 2 aromatic rings. The quantitative estimate of drug-likeness (QED) is 0.813. The number of nitrogens with zero attached hydrogens (tertiary/aromatic N) is 1. The van der Waals surface area contributed by atoms with E-state index in [0.29, 0.717) is 28.7 Å². The minimum Gasteiger partial charge on any atom is -0.348 e. The van der Waals surface area contributed by atoms with Crippen molar-refractivity contribution in [1.82, 2.24) is 10.2 Å². The van der Waals surface area contributed by atoms with Crippen molar-refractivity contribution < 1.29 is 9.59 Å². The highest BCUT2D eigenvalue weighted by atomic mass is 35.5. The molecule has 0 aliphatic carbocycles. The van der Waals surface area contributed by atoms with E-state index in [-0.39, 0.29) is 11.8 Å². The van der Waals surface area contributed by atoms with Crippen LogP contribution in [0.25, 0.3) is 0 Å². The Morgan fingerprint density at radius 1 is 1.07 bits per heavy atom. The highest BCUT2D eigenvalue weighted by Gasteiger charge is 2.26. The first-order valence-electron chi connectivity index (χ1n) is 9.52. The second-order valence-corrected chi connectivity index (χ2v) is 7.32. The number of carbonyl (C=O) groups excluding carboxylic acids is 2. The number of piperidine rings is 1. The zero-order valence-electron chi connectivity index (χ0n) is 15.6. The van der Waals surface area contributed by atoms with Gasteiger partial charge in [0.05, 0.1) is 0 Å². The van der Waals surface area contributed by atoms with Crippen molar-refractivity contribution in [3.63, 3.8) is 0 Å². The van der Waals surface area contributed by atoms with Crippen molar-refractivity contribution in [1.29, 1.82) is 0 Å². The molecule has 0 radical (unpaired) electrons. The molecule has 1 saturated heterocycles. The van der Waals surface area contributed by atoms with Crippen LogP contribution in [0.3, 0.4) is 0 Å². The Balaban J connectivity index is 1.63. The van der Waals surface area contributed by atoms with Gasteiger partial charge in [-0.3, -0.25) is 9.59 Å². The molecule has 0 spiro atoms. The zero-order chi connectivity index (χ0) is 19.2. The van der Waals surface area contributed by atoms with Crippen molar-refractivity contribution in [3.8, 4) is 0 Å². The first kappa shape index (κ1) is 19.4. The van der Waals surface area contributed by atoms with Crippen LogP contribution in [0.4, 0.5) is 0 Å². The third-order valence-corrected chi connectivity index (χ3v) is 5.52. The number of nitrogens with one attached hydrogen (secondary N) is 1. The topological polar surface area (TPSA) is 49.4 Å². The Bertz CT molecular complexity index is 804. The summed E-state index contributed by atoms with van der Waals surface area (Å²) in [5.74, 6) is -0.122. The molecule has 3 rings (SSSR count). The van der Waals surface area contributed by atoms with E-state index in [0.717, 1.165) is 31.4 Å². The number of hydrogen-bond donors (Lipinski definition) is 1. The molecule has 1 unspecified atom stereocenters. The van der Waals surface area contributed by atoms with Crippen LogP contribution in [0.2, 0.25) is 5.02 Å². The van der Waals surface area contributed by atoms with Crippen molar-refractivity contribution >= 4 is 23.4 Å². The van der Waals surface area contributed by atoms with E-state index >= 15 is 0 Å². The summed E-state index contributed by atoms with van der Waals surface area (Å²) in [6.07, 6.45) is 4.30. The maximum atomic E-state index is 12.8. The predicted molar refractivity (Wildman–Crippen MR) is 108 cm³/mol. The van der Waals surface area contributed by atoms with E-state index in [9.17, 15) is 9.59 Å². The van der Waals surface area contributed by atoms with Crippen molar-refractivity contribution in [3.05, 3.63) is 70.2 Å². The number of likely N-dealkylation sites (tertiary alicyclic amines) is 1. The molecular formula is C22H25ClN2O2. The smallest absolute Gasteiger partial charge is 0.254 e. The third kappa shape index (κ3) is 4.69. The number of benzene rings is 2. The minimum absolute atomic E-state index is 0.0598. The second-order valence-electron chi connectivity index (χ2n) is 6.91. The van der Waals surface area contributed by atoms with Gasteiger partial charge in [0.1, 0.15) is 0 Å². The molecule has 1 aliphatic heterocycles. The maximum Gasteiger partial charge on any atom is 0.254 e. The van der Waals surface area contributed by atoms with Crippen molar-refractivity contribution in [2.75, 3.05) is 6.54 Å². The largest absolute Gasteiger partial charge is 0.348 e. The average molecular weight is 385 g/mol. The minimum atomic E-state index is -0.182. The van der Waals surface area contributed by atoms with Gasteiger partial charge >= 0.3 is 0 Å². The number of amides is 2. The first-order chi connectivity index (χ1) is 13.1. The molecule has 0 bridgehead atoms. The normalized spacial score (nSPS) is 16.8. The summed E-state index contributed by atoms with van der Waals surface area (Å²) in [6.45, 7) is 3.31. The summed E-state index contributed by atoms with van der Waals surface area (Å²) >= 11 is 6.11.